The van der Waals surface area contributed by atoms with Gasteiger partial charge in [0.1, 0.15) is 29.7 Å². The minimum absolute atomic E-state index is 0.206. The molecule has 1 aliphatic carbocycles. The summed E-state index contributed by atoms with van der Waals surface area (Å²) in [4.78, 5) is 4.10. The maximum absolute atomic E-state index is 12.6. The van der Waals surface area contributed by atoms with Crippen LogP contribution in [0.25, 0.3) is 5.52 Å². The highest BCUT2D eigenvalue weighted by atomic mass is 16.7. The fourth-order valence-corrected chi connectivity index (χ4v) is 6.14. The van der Waals surface area contributed by atoms with Crippen LogP contribution < -0.4 is 5.73 Å². The van der Waals surface area contributed by atoms with Gasteiger partial charge in [0, 0.05) is 0 Å². The first-order valence-electron chi connectivity index (χ1n) is 14.0. The Morgan fingerprint density at radius 3 is 2.00 bits per heavy atom. The molecule has 9 nitrogen and oxygen atoms in total. The number of aromatic nitrogens is 3. The molecule has 3 aromatic carbocycles. The second kappa shape index (κ2) is 10.3. The summed E-state index contributed by atoms with van der Waals surface area (Å²) in [5.74, 6) is -1.68. The van der Waals surface area contributed by atoms with Crippen LogP contribution in [0.4, 0.5) is 5.82 Å². The Morgan fingerprint density at radius 2 is 1.38 bits per heavy atom. The van der Waals surface area contributed by atoms with Crippen LogP contribution in [-0.4, -0.2) is 43.1 Å². The van der Waals surface area contributed by atoms with Crippen molar-refractivity contribution >= 4 is 11.3 Å². The van der Waals surface area contributed by atoms with E-state index in [1.54, 1.807) is 16.6 Å². The molecule has 0 spiro atoms. The highest BCUT2D eigenvalue weighted by molar-refractivity contribution is 5.66. The number of nitrogens with two attached hydrogens (primary N) is 1. The van der Waals surface area contributed by atoms with Gasteiger partial charge in [-0.2, -0.15) is 5.10 Å². The number of anilines is 1. The smallest absolute Gasteiger partial charge is 0.243 e. The van der Waals surface area contributed by atoms with Gasteiger partial charge in [0.25, 0.3) is 0 Å². The molecule has 3 N–H and O–H groups in total. The van der Waals surface area contributed by atoms with Crippen molar-refractivity contribution in [2.75, 3.05) is 5.73 Å². The molecular formula is C33H32N4O5. The molecule has 5 atom stereocenters. The highest BCUT2D eigenvalue weighted by Gasteiger charge is 2.90. The summed E-state index contributed by atoms with van der Waals surface area (Å²) in [5, 5.41) is 17.0. The second-order valence-corrected chi connectivity index (χ2v) is 10.9. The number of ether oxygens (including phenoxy) is 4. The first-order valence-corrected chi connectivity index (χ1v) is 14.0. The Labute approximate surface area is 243 Å². The van der Waals surface area contributed by atoms with Crippen LogP contribution in [0, 0.1) is 0 Å². The largest absolute Gasteiger partial charge is 0.382 e. The summed E-state index contributed by atoms with van der Waals surface area (Å²) >= 11 is 0. The molecule has 2 unspecified atom stereocenters. The van der Waals surface area contributed by atoms with Crippen LogP contribution in [0.5, 0.6) is 0 Å². The monoisotopic (exact) mass is 564 g/mol. The van der Waals surface area contributed by atoms with E-state index in [-0.39, 0.29) is 19.0 Å². The summed E-state index contributed by atoms with van der Waals surface area (Å²) in [5.41, 5.74) is 7.40. The normalized spacial score (nSPS) is 28.1. The molecule has 2 fully saturated rings. The average Bonchev–Trinajstić information content (AvgIpc) is 3.29. The molecule has 0 bridgehead atoms. The van der Waals surface area contributed by atoms with Crippen LogP contribution >= 0.6 is 0 Å². The molecule has 1 aliphatic heterocycles. The molecule has 2 aliphatic rings. The molecule has 42 heavy (non-hydrogen) atoms. The van der Waals surface area contributed by atoms with Gasteiger partial charge in [0.05, 0.1) is 19.8 Å². The third kappa shape index (κ3) is 4.12. The van der Waals surface area contributed by atoms with E-state index in [9.17, 15) is 5.11 Å². The van der Waals surface area contributed by atoms with Crippen molar-refractivity contribution in [1.82, 2.24) is 14.6 Å². The molecule has 7 rings (SSSR count). The van der Waals surface area contributed by atoms with Crippen LogP contribution in [0.15, 0.2) is 109 Å². The molecule has 2 aromatic heterocycles. The number of aliphatic hydroxyl groups is 1. The van der Waals surface area contributed by atoms with Gasteiger partial charge in [0.15, 0.2) is 17.0 Å². The Bertz CT molecular complexity index is 1680. The fourth-order valence-electron chi connectivity index (χ4n) is 6.14. The Balaban J connectivity index is 1.31. The quantitative estimate of drug-likeness (QED) is 0.257. The van der Waals surface area contributed by atoms with Crippen molar-refractivity contribution in [1.29, 1.82) is 0 Å². The molecule has 0 radical (unpaired) electrons. The number of nitrogen functional groups attached to an aromatic ring is 1. The zero-order valence-corrected chi connectivity index (χ0v) is 23.2. The summed E-state index contributed by atoms with van der Waals surface area (Å²) in [7, 11) is 0. The standard InChI is InChI=1S/C33H32N4O5/c1-31(40-20-24-13-7-3-8-14-24)32(41-21-25-15-9-4-10-16-25)28(39-19-23-11-5-2-6-12-23)29(32)42-33(31,38)27-18-17-26-30(34)35-22-36-37(26)27/h2-18,22,28-29,38H,19-21H2,1H3,(H2,34,35,36)/t28?,29-,31-,32-,33?/m1/s1. The average molecular weight is 565 g/mol. The minimum atomic E-state index is -1.97. The van der Waals surface area contributed by atoms with Crippen LogP contribution in [0.3, 0.4) is 0 Å². The van der Waals surface area contributed by atoms with Crippen molar-refractivity contribution in [2.24, 2.45) is 0 Å². The molecule has 1 saturated heterocycles. The highest BCUT2D eigenvalue weighted by Crippen LogP contribution is 2.67. The maximum Gasteiger partial charge on any atom is 0.243 e. The third-order valence-electron chi connectivity index (χ3n) is 8.49. The topological polar surface area (TPSA) is 113 Å². The lowest BCUT2D eigenvalue weighted by atomic mass is 9.85. The zero-order chi connectivity index (χ0) is 28.8. The Kier molecular flexibility index (Phi) is 6.56. The van der Waals surface area contributed by atoms with Crippen molar-refractivity contribution < 1.29 is 24.1 Å². The lowest BCUT2D eigenvalue weighted by Gasteiger charge is -2.44. The van der Waals surface area contributed by atoms with Crippen LogP contribution in [0.2, 0.25) is 0 Å². The molecule has 9 heteroatoms. The number of benzene rings is 3. The SMILES string of the molecule is C[C@]1(OCc2ccccc2)C(O)(c2ccc3c(N)ncnn23)O[C@@H]2C(OCc3ccccc3)[C@@]21OCc1ccccc1. The van der Waals surface area contributed by atoms with E-state index in [4.69, 9.17) is 24.7 Å². The van der Waals surface area contributed by atoms with Gasteiger partial charge < -0.3 is 29.8 Å². The van der Waals surface area contributed by atoms with E-state index < -0.39 is 29.2 Å². The van der Waals surface area contributed by atoms with E-state index in [0.717, 1.165) is 16.7 Å². The molecule has 0 amide bonds. The number of hydrogen-bond donors (Lipinski definition) is 2. The second-order valence-electron chi connectivity index (χ2n) is 10.9. The van der Waals surface area contributed by atoms with Gasteiger partial charge in [0.2, 0.25) is 5.79 Å². The fraction of sp³-hybridized carbons (Fsp3) is 0.273. The van der Waals surface area contributed by atoms with E-state index in [0.29, 0.717) is 17.8 Å². The van der Waals surface area contributed by atoms with Gasteiger partial charge in [-0.25, -0.2) is 9.50 Å². The number of nitrogens with zero attached hydrogens (tertiary/aromatic N) is 3. The Morgan fingerprint density at radius 1 is 0.810 bits per heavy atom. The van der Waals surface area contributed by atoms with E-state index >= 15 is 0 Å². The van der Waals surface area contributed by atoms with Crippen LogP contribution in [-0.2, 0) is 44.6 Å². The van der Waals surface area contributed by atoms with Crippen molar-refractivity contribution in [3.63, 3.8) is 0 Å². The number of rotatable bonds is 10. The lowest BCUT2D eigenvalue weighted by molar-refractivity contribution is -0.325. The van der Waals surface area contributed by atoms with Crippen molar-refractivity contribution in [2.45, 2.75) is 55.9 Å². The van der Waals surface area contributed by atoms with Gasteiger partial charge >= 0.3 is 0 Å². The Hall–Kier alpha value is -4.12. The van der Waals surface area contributed by atoms with Crippen molar-refractivity contribution in [3.8, 4) is 0 Å². The van der Waals surface area contributed by atoms with Gasteiger partial charge in [-0.05, 0) is 35.7 Å². The summed E-state index contributed by atoms with van der Waals surface area (Å²) < 4.78 is 28.1. The predicted octanol–water partition coefficient (Wildman–Crippen LogP) is 4.39. The van der Waals surface area contributed by atoms with Gasteiger partial charge in [-0.3, -0.25) is 0 Å². The summed E-state index contributed by atoms with van der Waals surface area (Å²) in [6.45, 7) is 2.66. The molecule has 1 saturated carbocycles. The third-order valence-corrected chi connectivity index (χ3v) is 8.49. The number of fused-ring (bicyclic) bond motifs is 2. The van der Waals surface area contributed by atoms with Gasteiger partial charge in [-0.15, -0.1) is 0 Å². The van der Waals surface area contributed by atoms with E-state index in [2.05, 4.69) is 10.1 Å². The zero-order valence-electron chi connectivity index (χ0n) is 23.2. The van der Waals surface area contributed by atoms with E-state index in [1.165, 1.54) is 6.33 Å². The number of hydrogen-bond acceptors (Lipinski definition) is 8. The minimum Gasteiger partial charge on any atom is -0.382 e. The molecule has 214 valence electrons. The maximum atomic E-state index is 12.6. The first kappa shape index (κ1) is 26.8. The summed E-state index contributed by atoms with van der Waals surface area (Å²) in [6, 6.07) is 33.1. The lowest BCUT2D eigenvalue weighted by Crippen LogP contribution is -2.60. The molecular weight excluding hydrogens is 532 g/mol. The van der Waals surface area contributed by atoms with Gasteiger partial charge in [-0.1, -0.05) is 91.0 Å². The van der Waals surface area contributed by atoms with E-state index in [1.807, 2.05) is 97.9 Å². The van der Waals surface area contributed by atoms with Crippen LogP contribution in [0.1, 0.15) is 29.3 Å². The summed E-state index contributed by atoms with van der Waals surface area (Å²) in [6.07, 6.45) is 0.217. The molecule has 3 heterocycles. The predicted molar refractivity (Wildman–Crippen MR) is 155 cm³/mol. The molecule has 5 aromatic rings. The van der Waals surface area contributed by atoms with Crippen molar-refractivity contribution in [3.05, 3.63) is 132 Å². The first-order chi connectivity index (χ1) is 20.5.